The number of rotatable bonds is 6. The van der Waals surface area contributed by atoms with Crippen LogP contribution in [-0.4, -0.2) is 56.7 Å². The molecule has 156 valence electrons. The third kappa shape index (κ3) is 6.70. The van der Waals surface area contributed by atoms with E-state index in [2.05, 4.69) is 15.6 Å². The van der Waals surface area contributed by atoms with Crippen molar-refractivity contribution < 1.29 is 22.7 Å². The molecule has 1 saturated heterocycles. The molecular formula is C19H27F3N4O2. The average molecular weight is 400 g/mol. The molecule has 1 amide bonds. The van der Waals surface area contributed by atoms with E-state index in [-0.39, 0.29) is 18.6 Å². The number of ether oxygens (including phenoxy) is 1. The lowest BCUT2D eigenvalue weighted by Gasteiger charge is -2.21. The number of nitrogens with zero attached hydrogens (tertiary/aromatic N) is 2. The Labute approximate surface area is 163 Å². The maximum absolute atomic E-state index is 13.0. The van der Waals surface area contributed by atoms with Crippen molar-refractivity contribution in [2.24, 2.45) is 4.99 Å². The number of amides is 1. The van der Waals surface area contributed by atoms with Crippen LogP contribution in [0.4, 0.5) is 13.2 Å². The molecule has 0 aromatic heterocycles. The number of carbonyl (C=O) groups is 1. The Kier molecular flexibility index (Phi) is 7.68. The number of likely N-dealkylation sites (N-methyl/N-ethyl adjacent to an activating group) is 1. The second-order valence-electron chi connectivity index (χ2n) is 6.96. The summed E-state index contributed by atoms with van der Waals surface area (Å²) in [5, 5.41) is 6.20. The first-order chi connectivity index (χ1) is 13.2. The number of aliphatic imine (C=N–C) groups is 1. The van der Waals surface area contributed by atoms with Crippen molar-refractivity contribution in [3.8, 4) is 0 Å². The molecule has 1 fully saturated rings. The standard InChI is InChI=1S/C19H27F3N4O2/c1-13(14-6-4-7-15(10-14)19(20,21)22)25-18(24-12-17(27)26(2)3)23-11-16-8-5-9-28-16/h4,6-7,10,13,16H,5,8-9,11-12H2,1-3H3,(H2,23,24,25). The molecule has 9 heteroatoms. The Morgan fingerprint density at radius 1 is 1.39 bits per heavy atom. The average Bonchev–Trinajstić information content (AvgIpc) is 3.16. The number of hydrogen-bond acceptors (Lipinski definition) is 3. The third-order valence-electron chi connectivity index (χ3n) is 4.46. The Morgan fingerprint density at radius 2 is 2.14 bits per heavy atom. The fourth-order valence-electron chi connectivity index (χ4n) is 2.73. The maximum Gasteiger partial charge on any atom is 0.416 e. The molecular weight excluding hydrogens is 373 g/mol. The summed E-state index contributed by atoms with van der Waals surface area (Å²) in [6.45, 7) is 2.90. The smallest absolute Gasteiger partial charge is 0.376 e. The minimum Gasteiger partial charge on any atom is -0.376 e. The van der Waals surface area contributed by atoms with Gasteiger partial charge in [-0.2, -0.15) is 13.2 Å². The van der Waals surface area contributed by atoms with Crippen molar-refractivity contribution in [1.29, 1.82) is 0 Å². The lowest BCUT2D eigenvalue weighted by molar-refractivity contribution is -0.137. The number of hydrogen-bond donors (Lipinski definition) is 2. The molecule has 2 unspecified atom stereocenters. The predicted molar refractivity (Wildman–Crippen MR) is 101 cm³/mol. The number of carbonyl (C=O) groups excluding carboxylic acids is 1. The zero-order valence-electron chi connectivity index (χ0n) is 16.3. The highest BCUT2D eigenvalue weighted by Gasteiger charge is 2.30. The van der Waals surface area contributed by atoms with Gasteiger partial charge >= 0.3 is 6.18 Å². The molecule has 1 aromatic rings. The first-order valence-corrected chi connectivity index (χ1v) is 9.20. The lowest BCUT2D eigenvalue weighted by Crippen LogP contribution is -2.42. The summed E-state index contributed by atoms with van der Waals surface area (Å²) in [7, 11) is 3.27. The van der Waals surface area contributed by atoms with Crippen LogP contribution in [0.2, 0.25) is 0 Å². The zero-order valence-corrected chi connectivity index (χ0v) is 16.3. The molecule has 0 saturated carbocycles. The molecule has 28 heavy (non-hydrogen) atoms. The van der Waals surface area contributed by atoms with E-state index in [1.54, 1.807) is 27.1 Å². The van der Waals surface area contributed by atoms with Crippen molar-refractivity contribution in [1.82, 2.24) is 15.5 Å². The molecule has 2 N–H and O–H groups in total. The van der Waals surface area contributed by atoms with Gasteiger partial charge in [0.2, 0.25) is 5.91 Å². The van der Waals surface area contributed by atoms with Crippen LogP contribution in [0.15, 0.2) is 29.3 Å². The SMILES string of the molecule is CC(NC(=NCC(=O)N(C)C)NCC1CCCO1)c1cccc(C(F)(F)F)c1. The van der Waals surface area contributed by atoms with E-state index in [0.717, 1.165) is 25.0 Å². The van der Waals surface area contributed by atoms with Gasteiger partial charge in [0.1, 0.15) is 6.54 Å². The van der Waals surface area contributed by atoms with Crippen LogP contribution in [0.5, 0.6) is 0 Å². The van der Waals surface area contributed by atoms with Gasteiger partial charge in [0.15, 0.2) is 5.96 Å². The van der Waals surface area contributed by atoms with E-state index in [1.807, 2.05) is 0 Å². The van der Waals surface area contributed by atoms with E-state index in [4.69, 9.17) is 4.74 Å². The minimum atomic E-state index is -4.40. The van der Waals surface area contributed by atoms with Crippen LogP contribution in [0, 0.1) is 0 Å². The van der Waals surface area contributed by atoms with Crippen LogP contribution in [-0.2, 0) is 15.7 Å². The number of nitrogens with one attached hydrogen (secondary N) is 2. The quantitative estimate of drug-likeness (QED) is 0.569. The third-order valence-corrected chi connectivity index (χ3v) is 4.46. The summed E-state index contributed by atoms with van der Waals surface area (Å²) >= 11 is 0. The molecule has 0 spiro atoms. The van der Waals surface area contributed by atoms with Gasteiger partial charge in [-0.3, -0.25) is 4.79 Å². The summed E-state index contributed by atoms with van der Waals surface area (Å²) in [5.41, 5.74) is -0.229. The molecule has 1 aliphatic rings. The molecule has 2 rings (SSSR count). The van der Waals surface area contributed by atoms with Crippen molar-refractivity contribution in [3.05, 3.63) is 35.4 Å². The predicted octanol–water partition coefficient (Wildman–Crippen LogP) is 2.57. The molecule has 6 nitrogen and oxygen atoms in total. The number of benzene rings is 1. The van der Waals surface area contributed by atoms with Gasteiger partial charge < -0.3 is 20.3 Å². The van der Waals surface area contributed by atoms with Crippen molar-refractivity contribution >= 4 is 11.9 Å². The molecule has 2 atom stereocenters. The molecule has 1 heterocycles. The Bertz CT molecular complexity index is 686. The van der Waals surface area contributed by atoms with E-state index in [0.29, 0.717) is 24.7 Å². The molecule has 0 aliphatic carbocycles. The highest BCUT2D eigenvalue weighted by Crippen LogP contribution is 2.30. The van der Waals surface area contributed by atoms with Crippen molar-refractivity contribution in [2.45, 2.75) is 38.1 Å². The number of guanidine groups is 1. The van der Waals surface area contributed by atoms with Crippen LogP contribution in [0.1, 0.15) is 36.9 Å². The highest BCUT2D eigenvalue weighted by atomic mass is 19.4. The Balaban J connectivity index is 2.08. The van der Waals surface area contributed by atoms with E-state index >= 15 is 0 Å². The topological polar surface area (TPSA) is 66.0 Å². The van der Waals surface area contributed by atoms with E-state index in [9.17, 15) is 18.0 Å². The molecule has 1 aromatic carbocycles. The minimum absolute atomic E-state index is 0.0559. The van der Waals surface area contributed by atoms with Crippen LogP contribution >= 0.6 is 0 Å². The summed E-state index contributed by atoms with van der Waals surface area (Å²) in [6.07, 6.45) is -2.42. The van der Waals surface area contributed by atoms with Gasteiger partial charge in [0.25, 0.3) is 0 Å². The monoisotopic (exact) mass is 400 g/mol. The van der Waals surface area contributed by atoms with Gasteiger partial charge in [-0.05, 0) is 37.5 Å². The van der Waals surface area contributed by atoms with E-state index < -0.39 is 17.8 Å². The molecule has 0 radical (unpaired) electrons. The van der Waals surface area contributed by atoms with Crippen LogP contribution in [0.3, 0.4) is 0 Å². The first-order valence-electron chi connectivity index (χ1n) is 9.20. The summed E-state index contributed by atoms with van der Waals surface area (Å²) < 4.78 is 44.4. The Hall–Kier alpha value is -2.29. The normalized spacial score (nSPS) is 18.6. The number of alkyl halides is 3. The summed E-state index contributed by atoms with van der Waals surface area (Å²) in [4.78, 5) is 17.5. The van der Waals surface area contributed by atoms with Gasteiger partial charge in [-0.15, -0.1) is 0 Å². The van der Waals surface area contributed by atoms with Crippen molar-refractivity contribution in [3.63, 3.8) is 0 Å². The fraction of sp³-hybridized carbons (Fsp3) is 0.579. The largest absolute Gasteiger partial charge is 0.416 e. The van der Waals surface area contributed by atoms with Gasteiger partial charge in [0.05, 0.1) is 17.7 Å². The van der Waals surface area contributed by atoms with E-state index in [1.165, 1.54) is 11.0 Å². The van der Waals surface area contributed by atoms with Gasteiger partial charge in [-0.1, -0.05) is 12.1 Å². The second-order valence-corrected chi connectivity index (χ2v) is 6.96. The lowest BCUT2D eigenvalue weighted by atomic mass is 10.1. The fourth-order valence-corrected chi connectivity index (χ4v) is 2.73. The number of halogens is 3. The molecule has 0 bridgehead atoms. The highest BCUT2D eigenvalue weighted by molar-refractivity contribution is 5.85. The molecule has 1 aliphatic heterocycles. The van der Waals surface area contributed by atoms with Crippen LogP contribution in [0.25, 0.3) is 0 Å². The summed E-state index contributed by atoms with van der Waals surface area (Å²) in [6, 6.07) is 4.71. The summed E-state index contributed by atoms with van der Waals surface area (Å²) in [5.74, 6) is 0.181. The zero-order chi connectivity index (χ0) is 20.7. The van der Waals surface area contributed by atoms with Gasteiger partial charge in [-0.25, -0.2) is 4.99 Å². The maximum atomic E-state index is 13.0. The Morgan fingerprint density at radius 3 is 2.75 bits per heavy atom. The second kappa shape index (κ2) is 9.77. The van der Waals surface area contributed by atoms with Crippen molar-refractivity contribution in [2.75, 3.05) is 33.8 Å². The first kappa shape index (κ1) is 22.0. The van der Waals surface area contributed by atoms with Gasteiger partial charge in [0, 0.05) is 27.2 Å². The van der Waals surface area contributed by atoms with Crippen LogP contribution < -0.4 is 10.6 Å².